The summed E-state index contributed by atoms with van der Waals surface area (Å²) in [5.41, 5.74) is 3.65. The van der Waals surface area contributed by atoms with Crippen molar-refractivity contribution in [3.63, 3.8) is 0 Å². The summed E-state index contributed by atoms with van der Waals surface area (Å²) >= 11 is 0. The molecule has 0 aliphatic carbocycles. The monoisotopic (exact) mass is 397 g/mol. The van der Waals surface area contributed by atoms with Gasteiger partial charge < -0.3 is 14.8 Å². The Morgan fingerprint density at radius 2 is 1.45 bits per heavy atom. The number of esters is 1. The first-order chi connectivity index (χ1) is 13.7. The molecule has 1 amide bonds. The average molecular weight is 398 g/mol. The van der Waals surface area contributed by atoms with Crippen LogP contribution in [0.2, 0.25) is 0 Å². The Balaban J connectivity index is 2.17. The highest BCUT2D eigenvalue weighted by molar-refractivity contribution is 6.05. The Bertz CT molecular complexity index is 814. The summed E-state index contributed by atoms with van der Waals surface area (Å²) in [5, 5.41) is 3.10. The molecule has 0 aliphatic rings. The van der Waals surface area contributed by atoms with E-state index in [4.69, 9.17) is 9.47 Å². The lowest BCUT2D eigenvalue weighted by atomic mass is 9.92. The predicted octanol–water partition coefficient (Wildman–Crippen LogP) is 5.52. The maximum Gasteiger partial charge on any atom is 0.347 e. The number of carbonyl (C=O) groups excluding carboxylic acids is 2. The van der Waals surface area contributed by atoms with Crippen LogP contribution in [0.4, 0.5) is 5.69 Å². The van der Waals surface area contributed by atoms with Crippen molar-refractivity contribution in [2.24, 2.45) is 0 Å². The molecule has 0 aromatic heterocycles. The van der Waals surface area contributed by atoms with Gasteiger partial charge in [-0.3, -0.25) is 4.79 Å². The first-order valence-corrected chi connectivity index (χ1v) is 10.1. The number of amides is 1. The zero-order valence-corrected chi connectivity index (χ0v) is 18.1. The quantitative estimate of drug-likeness (QED) is 0.596. The van der Waals surface area contributed by atoms with E-state index < -0.39 is 12.1 Å². The van der Waals surface area contributed by atoms with Crippen molar-refractivity contribution in [2.75, 3.05) is 11.9 Å². The molecule has 0 saturated carbocycles. The number of ether oxygens (including phenoxy) is 2. The van der Waals surface area contributed by atoms with Gasteiger partial charge in [0.1, 0.15) is 5.75 Å². The largest absolute Gasteiger partial charge is 0.479 e. The molecule has 0 bridgehead atoms. The Morgan fingerprint density at radius 3 is 1.93 bits per heavy atom. The van der Waals surface area contributed by atoms with E-state index >= 15 is 0 Å². The van der Waals surface area contributed by atoms with Crippen LogP contribution in [0.3, 0.4) is 0 Å². The Morgan fingerprint density at radius 1 is 0.897 bits per heavy atom. The molecule has 0 unspecified atom stereocenters. The highest BCUT2D eigenvalue weighted by atomic mass is 16.6. The van der Waals surface area contributed by atoms with E-state index in [0.29, 0.717) is 29.8 Å². The van der Waals surface area contributed by atoms with Crippen molar-refractivity contribution in [2.45, 2.75) is 59.5 Å². The molecule has 0 radical (unpaired) electrons. The number of hydrogen-bond donors (Lipinski definition) is 1. The molecule has 1 atom stereocenters. The third-order valence-corrected chi connectivity index (χ3v) is 4.66. The summed E-state index contributed by atoms with van der Waals surface area (Å²) in [5.74, 6) is 0.506. The van der Waals surface area contributed by atoms with Crippen LogP contribution in [0.15, 0.2) is 42.5 Å². The van der Waals surface area contributed by atoms with Gasteiger partial charge in [0.15, 0.2) is 6.10 Å². The van der Waals surface area contributed by atoms with Crippen LogP contribution < -0.4 is 10.1 Å². The molecule has 2 rings (SSSR count). The smallest absolute Gasteiger partial charge is 0.347 e. The van der Waals surface area contributed by atoms with Crippen molar-refractivity contribution in [1.82, 2.24) is 0 Å². The van der Waals surface area contributed by atoms with Gasteiger partial charge in [-0.05, 0) is 61.1 Å². The van der Waals surface area contributed by atoms with Crippen LogP contribution in [-0.4, -0.2) is 24.6 Å². The van der Waals surface area contributed by atoms with E-state index in [-0.39, 0.29) is 5.91 Å². The van der Waals surface area contributed by atoms with E-state index in [1.807, 2.05) is 6.07 Å². The standard InChI is InChI=1S/C24H31NO4/c1-7-28-24(27)17(6)29-19-13-11-18(12-14-19)23(26)25-22-20(15(2)3)9-8-10-21(22)16(4)5/h8-17H,7H2,1-6H3,(H,25,26)/t17-/m0/s1. The van der Waals surface area contributed by atoms with Crippen LogP contribution in [-0.2, 0) is 9.53 Å². The zero-order valence-electron chi connectivity index (χ0n) is 18.1. The minimum Gasteiger partial charge on any atom is -0.479 e. The van der Waals surface area contributed by atoms with Gasteiger partial charge in [-0.2, -0.15) is 0 Å². The maximum absolute atomic E-state index is 12.9. The Labute approximate surface area is 173 Å². The Hall–Kier alpha value is -2.82. The van der Waals surface area contributed by atoms with E-state index in [9.17, 15) is 9.59 Å². The van der Waals surface area contributed by atoms with Gasteiger partial charge in [0.25, 0.3) is 5.91 Å². The lowest BCUT2D eigenvalue weighted by Crippen LogP contribution is -2.26. The van der Waals surface area contributed by atoms with Crippen molar-refractivity contribution in [3.8, 4) is 5.75 Å². The van der Waals surface area contributed by atoms with E-state index in [1.54, 1.807) is 38.1 Å². The van der Waals surface area contributed by atoms with Gasteiger partial charge in [-0.1, -0.05) is 45.9 Å². The van der Waals surface area contributed by atoms with Crippen LogP contribution in [0, 0.1) is 0 Å². The van der Waals surface area contributed by atoms with Gasteiger partial charge in [0.05, 0.1) is 6.61 Å². The Kier molecular flexibility index (Phi) is 7.82. The highest BCUT2D eigenvalue weighted by Gasteiger charge is 2.18. The van der Waals surface area contributed by atoms with Gasteiger partial charge in [0, 0.05) is 11.3 Å². The lowest BCUT2D eigenvalue weighted by Gasteiger charge is -2.20. The molecule has 0 fully saturated rings. The van der Waals surface area contributed by atoms with E-state index in [2.05, 4.69) is 45.1 Å². The lowest BCUT2D eigenvalue weighted by molar-refractivity contribution is -0.150. The SMILES string of the molecule is CCOC(=O)[C@H](C)Oc1ccc(C(=O)Nc2c(C(C)C)cccc2C(C)C)cc1. The van der Waals surface area contributed by atoms with Crippen LogP contribution in [0.1, 0.15) is 74.9 Å². The second-order valence-corrected chi connectivity index (χ2v) is 7.61. The fourth-order valence-electron chi connectivity index (χ4n) is 3.08. The fourth-order valence-corrected chi connectivity index (χ4v) is 3.08. The number of anilines is 1. The minimum atomic E-state index is -0.707. The van der Waals surface area contributed by atoms with Crippen molar-refractivity contribution >= 4 is 17.6 Å². The first-order valence-electron chi connectivity index (χ1n) is 10.1. The molecule has 2 aromatic rings. The summed E-state index contributed by atoms with van der Waals surface area (Å²) in [7, 11) is 0. The van der Waals surface area contributed by atoms with Crippen molar-refractivity contribution in [3.05, 3.63) is 59.2 Å². The molecule has 0 heterocycles. The van der Waals surface area contributed by atoms with Crippen LogP contribution in [0.5, 0.6) is 5.75 Å². The third-order valence-electron chi connectivity index (χ3n) is 4.66. The number of carbonyl (C=O) groups is 2. The number of benzene rings is 2. The molecule has 0 spiro atoms. The highest BCUT2D eigenvalue weighted by Crippen LogP contribution is 2.32. The van der Waals surface area contributed by atoms with Gasteiger partial charge >= 0.3 is 5.97 Å². The molecule has 5 heteroatoms. The molecule has 2 aromatic carbocycles. The summed E-state index contributed by atoms with van der Waals surface area (Å²) in [6, 6.07) is 12.9. The number of hydrogen-bond acceptors (Lipinski definition) is 4. The second kappa shape index (κ2) is 10.1. The molecule has 0 saturated heterocycles. The zero-order chi connectivity index (χ0) is 21.6. The summed E-state index contributed by atoms with van der Waals surface area (Å²) in [6.07, 6.45) is -0.707. The molecule has 156 valence electrons. The number of para-hydroxylation sites is 1. The predicted molar refractivity (Wildman–Crippen MR) is 116 cm³/mol. The minimum absolute atomic E-state index is 0.176. The van der Waals surface area contributed by atoms with E-state index in [1.165, 1.54) is 0 Å². The fraction of sp³-hybridized carbons (Fsp3) is 0.417. The topological polar surface area (TPSA) is 64.6 Å². The van der Waals surface area contributed by atoms with Gasteiger partial charge in [-0.15, -0.1) is 0 Å². The average Bonchev–Trinajstić information content (AvgIpc) is 2.68. The van der Waals surface area contributed by atoms with Gasteiger partial charge in [-0.25, -0.2) is 4.79 Å². The maximum atomic E-state index is 12.9. The first kappa shape index (κ1) is 22.5. The molecule has 1 N–H and O–H groups in total. The number of nitrogens with one attached hydrogen (secondary N) is 1. The molecular formula is C24H31NO4. The third kappa shape index (κ3) is 5.83. The second-order valence-electron chi connectivity index (χ2n) is 7.61. The van der Waals surface area contributed by atoms with Crippen LogP contribution in [0.25, 0.3) is 0 Å². The molecule has 0 aliphatic heterocycles. The summed E-state index contributed by atoms with van der Waals surface area (Å²) < 4.78 is 10.5. The molecule has 29 heavy (non-hydrogen) atoms. The molecule has 5 nitrogen and oxygen atoms in total. The van der Waals surface area contributed by atoms with Crippen molar-refractivity contribution < 1.29 is 19.1 Å². The summed E-state index contributed by atoms with van der Waals surface area (Å²) in [6.45, 7) is 12.2. The number of rotatable bonds is 8. The normalized spacial score (nSPS) is 12.0. The summed E-state index contributed by atoms with van der Waals surface area (Å²) in [4.78, 5) is 24.6. The van der Waals surface area contributed by atoms with Crippen LogP contribution >= 0.6 is 0 Å². The van der Waals surface area contributed by atoms with Gasteiger partial charge in [0.2, 0.25) is 0 Å². The van der Waals surface area contributed by atoms with E-state index in [0.717, 1.165) is 16.8 Å². The van der Waals surface area contributed by atoms with Crippen molar-refractivity contribution in [1.29, 1.82) is 0 Å². The molecular weight excluding hydrogens is 366 g/mol.